The molecule has 220 valence electrons. The number of halogens is 2. The molecule has 0 aliphatic carbocycles. The molecule has 42 heavy (non-hydrogen) atoms. The van der Waals surface area contributed by atoms with Crippen LogP contribution in [-0.4, -0.2) is 48.9 Å². The van der Waals surface area contributed by atoms with Crippen LogP contribution in [0.4, 0.5) is 21.0 Å². The van der Waals surface area contributed by atoms with E-state index >= 15 is 0 Å². The number of amides is 3. The molecule has 0 aliphatic rings. The Hall–Kier alpha value is -4.26. The number of aromatic nitrogens is 2. The van der Waals surface area contributed by atoms with Crippen molar-refractivity contribution in [2.45, 2.75) is 19.0 Å². The topological polar surface area (TPSA) is 157 Å². The Morgan fingerprint density at radius 1 is 1.05 bits per heavy atom. The van der Waals surface area contributed by atoms with Gasteiger partial charge in [-0.05, 0) is 47.9 Å². The molecule has 1 atom stereocenters. The van der Waals surface area contributed by atoms with Gasteiger partial charge in [-0.3, -0.25) is 9.62 Å². The van der Waals surface area contributed by atoms with Crippen molar-refractivity contribution in [1.29, 1.82) is 0 Å². The first-order chi connectivity index (χ1) is 19.9. The molecule has 4 aromatic rings. The normalized spacial score (nSPS) is 11.9. The molecule has 0 radical (unpaired) electrons. The molecular weight excluding hydrogens is 603 g/mol. The fraction of sp³-hybridized carbons (Fsp3) is 0.179. The van der Waals surface area contributed by atoms with Gasteiger partial charge in [0.1, 0.15) is 16.7 Å². The summed E-state index contributed by atoms with van der Waals surface area (Å²) in [5, 5.41) is 15.5. The average Bonchev–Trinajstić information content (AvgIpc) is 3.33. The molecule has 3 aromatic carbocycles. The van der Waals surface area contributed by atoms with E-state index in [1.165, 1.54) is 13.1 Å². The van der Waals surface area contributed by atoms with E-state index in [9.17, 15) is 23.1 Å². The zero-order valence-electron chi connectivity index (χ0n) is 22.6. The number of sulfonamides is 1. The van der Waals surface area contributed by atoms with E-state index in [2.05, 4.69) is 25.3 Å². The summed E-state index contributed by atoms with van der Waals surface area (Å²) in [5.74, 6) is 0.405. The molecule has 0 spiro atoms. The SMILES string of the molecule is CN(C(=O)O)c1ccc(-c2nc([C@H](Cc3ccccc3)NC(=O)NCc3cc(Cl)ccc3NS(C)(=O)=O)[nH]c2Cl)cc1. The zero-order chi connectivity index (χ0) is 30.4. The lowest BCUT2D eigenvalue weighted by molar-refractivity contribution is 0.203. The Kier molecular flexibility index (Phi) is 9.61. The summed E-state index contributed by atoms with van der Waals surface area (Å²) in [5.41, 5.74) is 3.28. The van der Waals surface area contributed by atoms with E-state index in [-0.39, 0.29) is 11.7 Å². The number of aromatic amines is 1. The van der Waals surface area contributed by atoms with Crippen LogP contribution in [-0.2, 0) is 23.0 Å². The van der Waals surface area contributed by atoms with Crippen molar-refractivity contribution in [3.8, 4) is 11.3 Å². The van der Waals surface area contributed by atoms with Gasteiger partial charge >= 0.3 is 12.1 Å². The summed E-state index contributed by atoms with van der Waals surface area (Å²) < 4.78 is 26.0. The molecule has 14 heteroatoms. The summed E-state index contributed by atoms with van der Waals surface area (Å²) in [4.78, 5) is 33.1. The first-order valence-electron chi connectivity index (χ1n) is 12.6. The first kappa shape index (κ1) is 30.7. The lowest BCUT2D eigenvalue weighted by Gasteiger charge is -2.18. The van der Waals surface area contributed by atoms with Gasteiger partial charge < -0.3 is 20.7 Å². The summed E-state index contributed by atoms with van der Waals surface area (Å²) >= 11 is 12.6. The molecule has 11 nitrogen and oxygen atoms in total. The van der Waals surface area contributed by atoms with Crippen LogP contribution in [0.3, 0.4) is 0 Å². The molecule has 5 N–H and O–H groups in total. The molecule has 1 heterocycles. The maximum Gasteiger partial charge on any atom is 0.411 e. The van der Waals surface area contributed by atoms with E-state index in [0.29, 0.717) is 45.5 Å². The number of nitrogens with zero attached hydrogens (tertiary/aromatic N) is 2. The quantitative estimate of drug-likeness (QED) is 0.152. The van der Waals surface area contributed by atoms with E-state index in [1.54, 1.807) is 36.4 Å². The molecule has 0 saturated heterocycles. The van der Waals surface area contributed by atoms with Crippen molar-refractivity contribution in [3.63, 3.8) is 0 Å². The number of hydrogen-bond donors (Lipinski definition) is 5. The smallest absolute Gasteiger partial charge is 0.411 e. The number of H-pyrrole nitrogens is 1. The highest BCUT2D eigenvalue weighted by Gasteiger charge is 2.22. The van der Waals surface area contributed by atoms with Gasteiger partial charge in [-0.15, -0.1) is 0 Å². The summed E-state index contributed by atoms with van der Waals surface area (Å²) in [7, 11) is -2.11. The van der Waals surface area contributed by atoms with Crippen molar-refractivity contribution in [1.82, 2.24) is 20.6 Å². The molecule has 0 saturated carbocycles. The van der Waals surface area contributed by atoms with Crippen LogP contribution in [0.15, 0.2) is 72.8 Å². The highest BCUT2D eigenvalue weighted by atomic mass is 35.5. The maximum absolute atomic E-state index is 13.1. The fourth-order valence-electron chi connectivity index (χ4n) is 4.14. The van der Waals surface area contributed by atoms with Gasteiger partial charge in [0.2, 0.25) is 10.0 Å². The fourth-order valence-corrected chi connectivity index (χ4v) is 5.18. The number of rotatable bonds is 10. The largest absolute Gasteiger partial charge is 0.465 e. The van der Waals surface area contributed by atoms with Crippen LogP contribution >= 0.6 is 23.2 Å². The van der Waals surface area contributed by atoms with Gasteiger partial charge in [-0.25, -0.2) is 23.0 Å². The van der Waals surface area contributed by atoms with Crippen LogP contribution < -0.4 is 20.3 Å². The minimum atomic E-state index is -3.55. The van der Waals surface area contributed by atoms with Crippen LogP contribution in [0.25, 0.3) is 11.3 Å². The molecule has 0 aliphatic heterocycles. The third-order valence-electron chi connectivity index (χ3n) is 6.21. The molecule has 0 fully saturated rings. The number of hydrogen-bond acceptors (Lipinski definition) is 5. The third kappa shape index (κ3) is 8.15. The maximum atomic E-state index is 13.1. The standard InChI is InChI=1S/C28H28Cl2N6O5S/c1-36(28(38)39)21-11-8-18(9-12-21)24-25(30)34-26(33-24)23(14-17-6-4-3-5-7-17)32-27(37)31-16-19-15-20(29)10-13-22(19)35-42(2,40)41/h3-13,15,23,35H,14,16H2,1-2H3,(H,33,34)(H,38,39)(H2,31,32,37)/t23-/m0/s1. The summed E-state index contributed by atoms with van der Waals surface area (Å²) in [6.07, 6.45) is 0.331. The zero-order valence-corrected chi connectivity index (χ0v) is 24.9. The Bertz CT molecular complexity index is 1680. The minimum Gasteiger partial charge on any atom is -0.465 e. The highest BCUT2D eigenvalue weighted by molar-refractivity contribution is 7.92. The van der Waals surface area contributed by atoms with Crippen LogP contribution in [0.1, 0.15) is 23.0 Å². The van der Waals surface area contributed by atoms with Crippen LogP contribution in [0, 0.1) is 0 Å². The second-order valence-corrected chi connectivity index (χ2v) is 12.0. The number of anilines is 2. The van der Waals surface area contributed by atoms with E-state index in [4.69, 9.17) is 23.2 Å². The van der Waals surface area contributed by atoms with Gasteiger partial charge in [-0.2, -0.15) is 0 Å². The highest BCUT2D eigenvalue weighted by Crippen LogP contribution is 2.30. The van der Waals surface area contributed by atoms with E-state index in [0.717, 1.165) is 16.7 Å². The molecule has 1 aromatic heterocycles. The van der Waals surface area contributed by atoms with Crippen molar-refractivity contribution in [2.24, 2.45) is 0 Å². The Labute approximate surface area is 252 Å². The minimum absolute atomic E-state index is 0.0103. The lowest BCUT2D eigenvalue weighted by atomic mass is 10.1. The van der Waals surface area contributed by atoms with E-state index in [1.807, 2.05) is 30.3 Å². The number of benzene rings is 3. The van der Waals surface area contributed by atoms with Gasteiger partial charge in [0, 0.05) is 29.9 Å². The number of carbonyl (C=O) groups excluding carboxylic acids is 1. The molecule has 4 rings (SSSR count). The molecule has 0 unspecified atom stereocenters. The van der Waals surface area contributed by atoms with E-state index < -0.39 is 28.2 Å². The summed E-state index contributed by atoms with van der Waals surface area (Å²) in [6.45, 7) is -0.0103. The number of urea groups is 1. The Morgan fingerprint density at radius 3 is 2.38 bits per heavy atom. The predicted molar refractivity (Wildman–Crippen MR) is 164 cm³/mol. The van der Waals surface area contributed by atoms with Gasteiger partial charge in [0.05, 0.1) is 18.0 Å². The van der Waals surface area contributed by atoms with Crippen molar-refractivity contribution < 1.29 is 23.1 Å². The van der Waals surface area contributed by atoms with Gasteiger partial charge in [0.25, 0.3) is 0 Å². The lowest BCUT2D eigenvalue weighted by Crippen LogP contribution is -2.39. The number of nitrogens with one attached hydrogen (secondary N) is 4. The Balaban J connectivity index is 1.55. The second kappa shape index (κ2) is 13.1. The monoisotopic (exact) mass is 630 g/mol. The molecule has 0 bridgehead atoms. The summed E-state index contributed by atoms with van der Waals surface area (Å²) in [6, 6.07) is 19.7. The Morgan fingerprint density at radius 2 is 1.74 bits per heavy atom. The second-order valence-electron chi connectivity index (χ2n) is 9.42. The van der Waals surface area contributed by atoms with Crippen molar-refractivity contribution in [2.75, 3.05) is 22.9 Å². The van der Waals surface area contributed by atoms with Crippen LogP contribution in [0.2, 0.25) is 10.2 Å². The number of carboxylic acid groups (broad SMARTS) is 1. The number of carbonyl (C=O) groups is 2. The van der Waals surface area contributed by atoms with Crippen molar-refractivity contribution in [3.05, 3.63) is 99.9 Å². The van der Waals surface area contributed by atoms with Gasteiger partial charge in [0.15, 0.2) is 0 Å². The van der Waals surface area contributed by atoms with Gasteiger partial charge in [-0.1, -0.05) is 65.7 Å². The molecule has 3 amide bonds. The third-order valence-corrected chi connectivity index (χ3v) is 7.31. The molecular formula is C28H28Cl2N6O5S. The average molecular weight is 632 g/mol. The first-order valence-corrected chi connectivity index (χ1v) is 15.2. The van der Waals surface area contributed by atoms with Crippen LogP contribution in [0.5, 0.6) is 0 Å². The van der Waals surface area contributed by atoms with Crippen molar-refractivity contribution >= 4 is 56.7 Å². The predicted octanol–water partition coefficient (Wildman–Crippen LogP) is 5.65. The number of imidazole rings is 1.